The summed E-state index contributed by atoms with van der Waals surface area (Å²) in [5, 5.41) is 11.7. The summed E-state index contributed by atoms with van der Waals surface area (Å²) >= 11 is 0. The van der Waals surface area contributed by atoms with Crippen molar-refractivity contribution in [2.24, 2.45) is 5.41 Å². The fourth-order valence-electron chi connectivity index (χ4n) is 1.52. The zero-order valence-corrected chi connectivity index (χ0v) is 11.2. The maximum absolute atomic E-state index is 11.8. The van der Waals surface area contributed by atoms with Crippen LogP contribution in [0, 0.1) is 5.41 Å². The minimum Gasteiger partial charge on any atom is -0.453 e. The van der Waals surface area contributed by atoms with Crippen molar-refractivity contribution >= 4 is 5.91 Å². The number of methoxy groups -OCH3 is 1. The summed E-state index contributed by atoms with van der Waals surface area (Å²) in [6, 6.07) is 3.35. The van der Waals surface area contributed by atoms with E-state index >= 15 is 0 Å². The van der Waals surface area contributed by atoms with Crippen molar-refractivity contribution in [3.05, 3.63) is 23.7 Å². The molecule has 1 amide bonds. The van der Waals surface area contributed by atoms with E-state index in [1.54, 1.807) is 19.2 Å². The van der Waals surface area contributed by atoms with E-state index in [0.717, 1.165) is 0 Å². The molecule has 0 saturated heterocycles. The number of nitrogens with one attached hydrogen (secondary N) is 1. The van der Waals surface area contributed by atoms with Crippen LogP contribution in [0.3, 0.4) is 0 Å². The SMILES string of the molecule is COCc1ccc(C(=O)NCC(C)(C)CCO)o1. The molecule has 1 aromatic rings. The van der Waals surface area contributed by atoms with Gasteiger partial charge in [-0.2, -0.15) is 0 Å². The van der Waals surface area contributed by atoms with E-state index < -0.39 is 0 Å². The number of ether oxygens (including phenoxy) is 1. The molecule has 0 radical (unpaired) electrons. The molecule has 5 nitrogen and oxygen atoms in total. The lowest BCUT2D eigenvalue weighted by Gasteiger charge is -2.23. The third-order valence-corrected chi connectivity index (χ3v) is 2.69. The second-order valence-electron chi connectivity index (χ2n) is 5.02. The monoisotopic (exact) mass is 255 g/mol. The van der Waals surface area contributed by atoms with Crippen molar-refractivity contribution in [1.82, 2.24) is 5.32 Å². The van der Waals surface area contributed by atoms with Gasteiger partial charge < -0.3 is 19.6 Å². The van der Waals surface area contributed by atoms with Crippen molar-refractivity contribution < 1.29 is 19.1 Å². The molecule has 2 N–H and O–H groups in total. The van der Waals surface area contributed by atoms with E-state index in [9.17, 15) is 4.79 Å². The Morgan fingerprint density at radius 2 is 2.22 bits per heavy atom. The summed E-state index contributed by atoms with van der Waals surface area (Å²) in [7, 11) is 1.57. The zero-order chi connectivity index (χ0) is 13.6. The van der Waals surface area contributed by atoms with Crippen LogP contribution in [0.2, 0.25) is 0 Å². The lowest BCUT2D eigenvalue weighted by Crippen LogP contribution is -2.34. The van der Waals surface area contributed by atoms with Gasteiger partial charge in [-0.05, 0) is 24.0 Å². The van der Waals surface area contributed by atoms with Crippen LogP contribution >= 0.6 is 0 Å². The van der Waals surface area contributed by atoms with Crippen molar-refractivity contribution in [1.29, 1.82) is 0 Å². The lowest BCUT2D eigenvalue weighted by atomic mass is 9.90. The van der Waals surface area contributed by atoms with Crippen molar-refractivity contribution in [3.8, 4) is 0 Å². The average molecular weight is 255 g/mol. The predicted octanol–water partition coefficient (Wildman–Crippen LogP) is 1.56. The van der Waals surface area contributed by atoms with Gasteiger partial charge in [0.15, 0.2) is 5.76 Å². The molecule has 0 aromatic carbocycles. The lowest BCUT2D eigenvalue weighted by molar-refractivity contribution is 0.0892. The van der Waals surface area contributed by atoms with Gasteiger partial charge in [0, 0.05) is 20.3 Å². The van der Waals surface area contributed by atoms with Crippen molar-refractivity contribution in [3.63, 3.8) is 0 Å². The van der Waals surface area contributed by atoms with E-state index in [-0.39, 0.29) is 23.7 Å². The molecule has 0 aliphatic carbocycles. The highest BCUT2D eigenvalue weighted by Gasteiger charge is 2.19. The molecule has 1 rings (SSSR count). The number of hydrogen-bond donors (Lipinski definition) is 2. The van der Waals surface area contributed by atoms with Crippen LogP contribution in [-0.2, 0) is 11.3 Å². The van der Waals surface area contributed by atoms with Gasteiger partial charge in [0.25, 0.3) is 5.91 Å². The van der Waals surface area contributed by atoms with Gasteiger partial charge in [-0.1, -0.05) is 13.8 Å². The maximum Gasteiger partial charge on any atom is 0.287 e. The van der Waals surface area contributed by atoms with Gasteiger partial charge in [0.2, 0.25) is 0 Å². The normalized spacial score (nSPS) is 11.6. The second-order valence-corrected chi connectivity index (χ2v) is 5.02. The molecule has 18 heavy (non-hydrogen) atoms. The summed E-state index contributed by atoms with van der Waals surface area (Å²) in [6.07, 6.45) is 0.639. The first-order valence-corrected chi connectivity index (χ1v) is 5.95. The molecule has 0 saturated carbocycles. The van der Waals surface area contributed by atoms with E-state index in [0.29, 0.717) is 25.3 Å². The van der Waals surface area contributed by atoms with Crippen LogP contribution in [-0.4, -0.2) is 31.3 Å². The number of furan rings is 1. The Bertz CT molecular complexity index is 384. The molecular formula is C13H21NO4. The maximum atomic E-state index is 11.8. The van der Waals surface area contributed by atoms with E-state index in [2.05, 4.69) is 5.32 Å². The number of aliphatic hydroxyl groups is 1. The zero-order valence-electron chi connectivity index (χ0n) is 11.2. The summed E-state index contributed by atoms with van der Waals surface area (Å²) in [4.78, 5) is 11.8. The number of rotatable bonds is 7. The van der Waals surface area contributed by atoms with Gasteiger partial charge in [-0.3, -0.25) is 4.79 Å². The first-order valence-electron chi connectivity index (χ1n) is 5.95. The summed E-state index contributed by atoms with van der Waals surface area (Å²) in [5.74, 6) is 0.655. The Hall–Kier alpha value is -1.33. The third kappa shape index (κ3) is 4.50. The minimum absolute atomic E-state index is 0.113. The molecule has 5 heteroatoms. The highest BCUT2D eigenvalue weighted by Crippen LogP contribution is 2.18. The molecule has 1 aromatic heterocycles. The fourth-order valence-corrected chi connectivity index (χ4v) is 1.52. The van der Waals surface area contributed by atoms with Crippen LogP contribution in [0.1, 0.15) is 36.6 Å². The van der Waals surface area contributed by atoms with Gasteiger partial charge in [-0.25, -0.2) is 0 Å². The molecule has 0 aliphatic heterocycles. The van der Waals surface area contributed by atoms with Crippen LogP contribution < -0.4 is 5.32 Å². The molecule has 0 bridgehead atoms. The van der Waals surface area contributed by atoms with Crippen LogP contribution in [0.5, 0.6) is 0 Å². The Morgan fingerprint density at radius 3 is 2.83 bits per heavy atom. The van der Waals surface area contributed by atoms with Gasteiger partial charge in [0.05, 0.1) is 0 Å². The topological polar surface area (TPSA) is 71.7 Å². The first-order chi connectivity index (χ1) is 8.48. The van der Waals surface area contributed by atoms with Gasteiger partial charge in [-0.15, -0.1) is 0 Å². The molecule has 1 heterocycles. The molecule has 0 atom stereocenters. The fraction of sp³-hybridized carbons (Fsp3) is 0.615. The number of carbonyl (C=O) groups is 1. The minimum atomic E-state index is -0.247. The quantitative estimate of drug-likeness (QED) is 0.775. The largest absolute Gasteiger partial charge is 0.453 e. The van der Waals surface area contributed by atoms with Crippen LogP contribution in [0.4, 0.5) is 0 Å². The number of carbonyl (C=O) groups excluding carboxylic acids is 1. The van der Waals surface area contributed by atoms with Gasteiger partial charge in [0.1, 0.15) is 12.4 Å². The highest BCUT2D eigenvalue weighted by molar-refractivity contribution is 5.91. The number of amides is 1. The second kappa shape index (κ2) is 6.56. The highest BCUT2D eigenvalue weighted by atomic mass is 16.5. The number of hydrogen-bond acceptors (Lipinski definition) is 4. The van der Waals surface area contributed by atoms with Crippen molar-refractivity contribution in [2.75, 3.05) is 20.3 Å². The first kappa shape index (κ1) is 14.7. The van der Waals surface area contributed by atoms with E-state index in [4.69, 9.17) is 14.3 Å². The summed E-state index contributed by atoms with van der Waals surface area (Å²) in [6.45, 7) is 4.93. The molecule has 102 valence electrons. The Labute approximate surface area is 107 Å². The number of aliphatic hydroxyl groups excluding tert-OH is 1. The molecule has 0 spiro atoms. The third-order valence-electron chi connectivity index (χ3n) is 2.69. The Balaban J connectivity index is 2.49. The molecule has 0 fully saturated rings. The summed E-state index contributed by atoms with van der Waals surface area (Å²) in [5.41, 5.74) is -0.133. The van der Waals surface area contributed by atoms with E-state index in [1.807, 2.05) is 13.8 Å². The summed E-state index contributed by atoms with van der Waals surface area (Å²) < 4.78 is 10.2. The molecular weight excluding hydrogens is 234 g/mol. The van der Waals surface area contributed by atoms with Gasteiger partial charge >= 0.3 is 0 Å². The Morgan fingerprint density at radius 1 is 1.50 bits per heavy atom. The van der Waals surface area contributed by atoms with Crippen LogP contribution in [0.15, 0.2) is 16.5 Å². The average Bonchev–Trinajstić information content (AvgIpc) is 2.75. The predicted molar refractivity (Wildman–Crippen MR) is 67.2 cm³/mol. The standard InChI is InChI=1S/C13H21NO4/c1-13(2,6-7-15)9-14-12(16)11-5-4-10(18-11)8-17-3/h4-5,15H,6-9H2,1-3H3,(H,14,16). The van der Waals surface area contributed by atoms with Crippen LogP contribution in [0.25, 0.3) is 0 Å². The Kier molecular flexibility index (Phi) is 5.37. The smallest absolute Gasteiger partial charge is 0.287 e. The molecule has 0 unspecified atom stereocenters. The van der Waals surface area contributed by atoms with Crippen molar-refractivity contribution in [2.45, 2.75) is 26.9 Å². The molecule has 0 aliphatic rings. The van der Waals surface area contributed by atoms with E-state index in [1.165, 1.54) is 0 Å².